The summed E-state index contributed by atoms with van der Waals surface area (Å²) in [5.41, 5.74) is 0.245. The first-order chi connectivity index (χ1) is 9.58. The fraction of sp³-hybridized carbons (Fsp3) is 0.533. The van der Waals surface area contributed by atoms with E-state index in [4.69, 9.17) is 0 Å². The molecule has 20 heavy (non-hydrogen) atoms. The topological polar surface area (TPSA) is 41.1 Å². The van der Waals surface area contributed by atoms with Crippen molar-refractivity contribution in [2.24, 2.45) is 0 Å². The number of hydrogen-bond acceptors (Lipinski definition) is 2. The van der Waals surface area contributed by atoms with Crippen LogP contribution in [0.5, 0.6) is 0 Å². The maximum absolute atomic E-state index is 13.5. The maximum Gasteiger partial charge on any atom is 0.220 e. The zero-order valence-corrected chi connectivity index (χ0v) is 11.6. The Morgan fingerprint density at radius 2 is 2.25 bits per heavy atom. The summed E-state index contributed by atoms with van der Waals surface area (Å²) in [6, 6.07) is 4.41. The lowest BCUT2D eigenvalue weighted by atomic mass is 9.99. The van der Waals surface area contributed by atoms with Crippen molar-refractivity contribution in [3.05, 3.63) is 35.4 Å². The lowest BCUT2D eigenvalue weighted by Crippen LogP contribution is -2.51. The van der Waals surface area contributed by atoms with Crippen molar-refractivity contribution in [3.63, 3.8) is 0 Å². The summed E-state index contributed by atoms with van der Waals surface area (Å²) in [6.45, 7) is 3.01. The van der Waals surface area contributed by atoms with Crippen LogP contribution in [0.15, 0.2) is 18.2 Å². The minimum Gasteiger partial charge on any atom is -0.352 e. The number of nitrogens with one attached hydrogen (secondary N) is 2. The highest BCUT2D eigenvalue weighted by atomic mass is 19.2. The van der Waals surface area contributed by atoms with E-state index in [1.54, 1.807) is 0 Å². The first-order valence-electron chi connectivity index (χ1n) is 7.03. The summed E-state index contributed by atoms with van der Waals surface area (Å²) >= 11 is 0. The van der Waals surface area contributed by atoms with Gasteiger partial charge in [0.25, 0.3) is 0 Å². The van der Waals surface area contributed by atoms with Crippen LogP contribution in [-0.4, -0.2) is 24.5 Å². The number of halogens is 2. The van der Waals surface area contributed by atoms with Gasteiger partial charge in [-0.15, -0.1) is 0 Å². The fourth-order valence-corrected chi connectivity index (χ4v) is 2.51. The number of amides is 1. The Balaban J connectivity index is 1.84. The van der Waals surface area contributed by atoms with Gasteiger partial charge in [0.15, 0.2) is 11.6 Å². The summed E-state index contributed by atoms with van der Waals surface area (Å²) < 4.78 is 26.5. The summed E-state index contributed by atoms with van der Waals surface area (Å²) in [7, 11) is 0. The largest absolute Gasteiger partial charge is 0.352 e. The third-order valence-corrected chi connectivity index (χ3v) is 3.76. The smallest absolute Gasteiger partial charge is 0.220 e. The number of carbonyl (C=O) groups excluding carboxylic acids is 1. The standard InChI is InChI=1S/C15H20F2N2O/c1-10-13(6-3-9-18-10)19-14(20)8-7-11-4-2-5-12(16)15(11)17/h2,4-5,10,13,18H,3,6-9H2,1H3,(H,19,20). The summed E-state index contributed by atoms with van der Waals surface area (Å²) in [5.74, 6) is -1.84. The van der Waals surface area contributed by atoms with Gasteiger partial charge in [0.1, 0.15) is 0 Å². The average Bonchev–Trinajstić information content (AvgIpc) is 2.43. The van der Waals surface area contributed by atoms with Crippen LogP contribution in [0.1, 0.15) is 31.7 Å². The van der Waals surface area contributed by atoms with Crippen LogP contribution in [0, 0.1) is 11.6 Å². The Kier molecular flexibility index (Phi) is 5.06. The zero-order chi connectivity index (χ0) is 14.5. The predicted octanol–water partition coefficient (Wildman–Crippen LogP) is 2.15. The van der Waals surface area contributed by atoms with Gasteiger partial charge in [-0.2, -0.15) is 0 Å². The lowest BCUT2D eigenvalue weighted by Gasteiger charge is -2.30. The van der Waals surface area contributed by atoms with Crippen LogP contribution in [-0.2, 0) is 11.2 Å². The number of benzene rings is 1. The second-order valence-electron chi connectivity index (χ2n) is 5.27. The molecule has 1 fully saturated rings. The molecule has 2 unspecified atom stereocenters. The molecule has 0 saturated carbocycles. The quantitative estimate of drug-likeness (QED) is 0.888. The molecule has 0 aromatic heterocycles. The van der Waals surface area contributed by atoms with E-state index < -0.39 is 11.6 Å². The van der Waals surface area contributed by atoms with Gasteiger partial charge in [0, 0.05) is 18.5 Å². The molecule has 0 spiro atoms. The molecular weight excluding hydrogens is 262 g/mol. The van der Waals surface area contributed by atoms with E-state index in [9.17, 15) is 13.6 Å². The van der Waals surface area contributed by atoms with Gasteiger partial charge in [-0.1, -0.05) is 12.1 Å². The Morgan fingerprint density at radius 3 is 3.00 bits per heavy atom. The maximum atomic E-state index is 13.5. The highest BCUT2D eigenvalue weighted by Gasteiger charge is 2.22. The highest BCUT2D eigenvalue weighted by Crippen LogP contribution is 2.14. The SMILES string of the molecule is CC1NCCCC1NC(=O)CCc1cccc(F)c1F. The Morgan fingerprint density at radius 1 is 1.45 bits per heavy atom. The molecule has 5 heteroatoms. The summed E-state index contributed by atoms with van der Waals surface area (Å²) in [4.78, 5) is 11.9. The third kappa shape index (κ3) is 3.76. The van der Waals surface area contributed by atoms with E-state index in [0.29, 0.717) is 0 Å². The van der Waals surface area contributed by atoms with Gasteiger partial charge >= 0.3 is 0 Å². The van der Waals surface area contributed by atoms with Gasteiger partial charge in [-0.05, 0) is 44.4 Å². The average molecular weight is 282 g/mol. The second-order valence-corrected chi connectivity index (χ2v) is 5.27. The van der Waals surface area contributed by atoms with Gasteiger partial charge in [-0.25, -0.2) is 8.78 Å². The molecule has 1 heterocycles. The minimum atomic E-state index is -0.868. The van der Waals surface area contributed by atoms with Crippen molar-refractivity contribution in [1.29, 1.82) is 0 Å². The highest BCUT2D eigenvalue weighted by molar-refractivity contribution is 5.76. The molecule has 1 aromatic rings. The molecule has 0 aliphatic carbocycles. The molecular formula is C15H20F2N2O. The Hall–Kier alpha value is -1.49. The molecule has 1 aliphatic heterocycles. The van der Waals surface area contributed by atoms with Gasteiger partial charge < -0.3 is 10.6 Å². The van der Waals surface area contributed by atoms with Crippen LogP contribution >= 0.6 is 0 Å². The summed E-state index contributed by atoms with van der Waals surface area (Å²) in [5, 5.41) is 6.26. The number of hydrogen-bond donors (Lipinski definition) is 2. The van der Waals surface area contributed by atoms with Crippen molar-refractivity contribution >= 4 is 5.91 Å². The molecule has 2 atom stereocenters. The number of piperidine rings is 1. The molecule has 1 saturated heterocycles. The molecule has 1 amide bonds. The predicted molar refractivity (Wildman–Crippen MR) is 73.3 cm³/mol. The molecule has 1 aromatic carbocycles. The molecule has 0 radical (unpaired) electrons. The van der Waals surface area contributed by atoms with E-state index in [-0.39, 0.29) is 36.4 Å². The van der Waals surface area contributed by atoms with E-state index in [1.807, 2.05) is 6.92 Å². The molecule has 2 N–H and O–H groups in total. The Bertz CT molecular complexity index is 479. The molecule has 110 valence electrons. The number of carbonyl (C=O) groups is 1. The number of rotatable bonds is 4. The molecule has 1 aliphatic rings. The van der Waals surface area contributed by atoms with Crippen LogP contribution in [0.25, 0.3) is 0 Å². The van der Waals surface area contributed by atoms with Crippen LogP contribution in [0.3, 0.4) is 0 Å². The van der Waals surface area contributed by atoms with Gasteiger partial charge in [-0.3, -0.25) is 4.79 Å². The fourth-order valence-electron chi connectivity index (χ4n) is 2.51. The first-order valence-corrected chi connectivity index (χ1v) is 7.03. The third-order valence-electron chi connectivity index (χ3n) is 3.76. The molecule has 2 rings (SSSR count). The van der Waals surface area contributed by atoms with Crippen LogP contribution in [0.2, 0.25) is 0 Å². The number of aryl methyl sites for hydroxylation is 1. The minimum absolute atomic E-state index is 0.116. The molecule has 3 nitrogen and oxygen atoms in total. The monoisotopic (exact) mass is 282 g/mol. The van der Waals surface area contributed by atoms with Gasteiger partial charge in [0.2, 0.25) is 5.91 Å². The second kappa shape index (κ2) is 6.79. The van der Waals surface area contributed by atoms with Crippen LogP contribution < -0.4 is 10.6 Å². The van der Waals surface area contributed by atoms with Crippen molar-refractivity contribution in [2.75, 3.05) is 6.54 Å². The molecule has 0 bridgehead atoms. The van der Waals surface area contributed by atoms with Gasteiger partial charge in [0.05, 0.1) is 0 Å². The van der Waals surface area contributed by atoms with Crippen molar-refractivity contribution in [3.8, 4) is 0 Å². The van der Waals surface area contributed by atoms with E-state index in [0.717, 1.165) is 25.5 Å². The summed E-state index contributed by atoms with van der Waals surface area (Å²) in [6.07, 6.45) is 2.37. The van der Waals surface area contributed by atoms with Crippen molar-refractivity contribution in [2.45, 2.75) is 44.7 Å². The normalized spacial score (nSPS) is 22.6. The van der Waals surface area contributed by atoms with E-state index in [1.165, 1.54) is 12.1 Å². The van der Waals surface area contributed by atoms with E-state index >= 15 is 0 Å². The zero-order valence-electron chi connectivity index (χ0n) is 11.6. The first kappa shape index (κ1) is 14.9. The van der Waals surface area contributed by atoms with Crippen molar-refractivity contribution < 1.29 is 13.6 Å². The lowest BCUT2D eigenvalue weighted by molar-refractivity contribution is -0.122. The van der Waals surface area contributed by atoms with E-state index in [2.05, 4.69) is 10.6 Å². The van der Waals surface area contributed by atoms with Crippen LogP contribution in [0.4, 0.5) is 8.78 Å². The van der Waals surface area contributed by atoms with Crippen molar-refractivity contribution in [1.82, 2.24) is 10.6 Å². The Labute approximate surface area is 117 Å².